The van der Waals surface area contributed by atoms with Crippen LogP contribution in [0.5, 0.6) is 0 Å². The summed E-state index contributed by atoms with van der Waals surface area (Å²) >= 11 is 0. The lowest BCUT2D eigenvalue weighted by Gasteiger charge is -2.71. The fourth-order valence-corrected chi connectivity index (χ4v) is 10.6. The van der Waals surface area contributed by atoms with Crippen molar-refractivity contribution in [2.45, 2.75) is 119 Å². The van der Waals surface area contributed by atoms with Crippen molar-refractivity contribution < 1.29 is 15.0 Å². The number of carboxylic acids is 1. The largest absolute Gasteiger partial charge is 0.481 e. The normalized spacial score (nSPS) is 52.4. The van der Waals surface area contributed by atoms with Crippen molar-refractivity contribution in [2.75, 3.05) is 0 Å². The van der Waals surface area contributed by atoms with Crippen molar-refractivity contribution in [3.8, 4) is 0 Å². The Hall–Kier alpha value is -0.830. The van der Waals surface area contributed by atoms with E-state index in [0.717, 1.165) is 51.4 Å². The highest BCUT2D eigenvalue weighted by Crippen LogP contribution is 2.75. The number of carbonyl (C=O) groups is 1. The van der Waals surface area contributed by atoms with Gasteiger partial charge in [-0.25, -0.2) is 0 Å². The Morgan fingerprint density at radius 2 is 1.55 bits per heavy atom. The van der Waals surface area contributed by atoms with Gasteiger partial charge in [-0.3, -0.25) is 4.79 Å². The summed E-state index contributed by atoms with van der Waals surface area (Å²) in [4.78, 5) is 12.8. The second kappa shape index (κ2) is 6.89. The number of aliphatic hydroxyl groups is 1. The summed E-state index contributed by atoms with van der Waals surface area (Å²) in [6.07, 6.45) is 12.6. The molecule has 4 saturated carbocycles. The first-order chi connectivity index (χ1) is 15.1. The molecule has 0 saturated heterocycles. The van der Waals surface area contributed by atoms with Crippen LogP contribution in [0.15, 0.2) is 11.6 Å². The zero-order valence-electron chi connectivity index (χ0n) is 22.3. The van der Waals surface area contributed by atoms with Gasteiger partial charge in [0.2, 0.25) is 0 Å². The fraction of sp³-hybridized carbons (Fsp3) is 0.900. The molecule has 0 radical (unpaired) electrons. The maximum atomic E-state index is 12.8. The predicted octanol–water partition coefficient (Wildman–Crippen LogP) is 7.23. The maximum Gasteiger partial charge on any atom is 0.310 e. The highest BCUT2D eigenvalue weighted by molar-refractivity contribution is 5.76. The van der Waals surface area contributed by atoms with Crippen molar-refractivity contribution in [3.05, 3.63) is 11.6 Å². The van der Waals surface area contributed by atoms with E-state index in [2.05, 4.69) is 54.5 Å². The molecule has 0 spiro atoms. The van der Waals surface area contributed by atoms with E-state index in [1.807, 2.05) is 0 Å². The van der Waals surface area contributed by atoms with Gasteiger partial charge in [-0.15, -0.1) is 0 Å². The molecule has 5 rings (SSSR count). The van der Waals surface area contributed by atoms with Crippen molar-refractivity contribution in [3.63, 3.8) is 0 Å². The molecule has 0 aromatic carbocycles. The molecule has 0 heterocycles. The molecule has 0 bridgehead atoms. The number of fused-ring (bicyclic) bond motifs is 7. The summed E-state index contributed by atoms with van der Waals surface area (Å²) in [5.74, 6) is 0.807. The van der Waals surface area contributed by atoms with Crippen molar-refractivity contribution in [2.24, 2.45) is 50.2 Å². The first-order valence-corrected chi connectivity index (χ1v) is 13.8. The third-order valence-electron chi connectivity index (χ3n) is 13.0. The van der Waals surface area contributed by atoms with Gasteiger partial charge in [0.15, 0.2) is 0 Å². The van der Waals surface area contributed by atoms with E-state index in [1.165, 1.54) is 18.4 Å². The van der Waals surface area contributed by atoms with Gasteiger partial charge in [-0.1, -0.05) is 60.1 Å². The van der Waals surface area contributed by atoms with Gasteiger partial charge in [0.05, 0.1) is 11.5 Å². The fourth-order valence-electron chi connectivity index (χ4n) is 10.6. The van der Waals surface area contributed by atoms with Crippen LogP contribution in [-0.2, 0) is 4.79 Å². The second-order valence-electron chi connectivity index (χ2n) is 15.1. The molecular weight excluding hydrogens is 408 g/mol. The molecule has 4 fully saturated rings. The number of rotatable bonds is 1. The molecule has 8 atom stereocenters. The number of aliphatic hydroxyl groups excluding tert-OH is 1. The Labute approximate surface area is 201 Å². The van der Waals surface area contributed by atoms with Crippen LogP contribution < -0.4 is 0 Å². The van der Waals surface area contributed by atoms with Crippen LogP contribution in [0.2, 0.25) is 0 Å². The van der Waals surface area contributed by atoms with E-state index in [1.54, 1.807) is 0 Å². The first-order valence-electron chi connectivity index (χ1n) is 13.8. The SMILES string of the molecule is CC1(C)CC[C@@]2(C(=O)O)CC[C@@]3(C)C(=CC[C@H]4[C@@]5(C)CC[C@@H](O)C(C)(C)[C@H]5CC[C@]43C)[C@H]2C1. The van der Waals surface area contributed by atoms with Crippen molar-refractivity contribution in [1.82, 2.24) is 0 Å². The standard InChI is InChI=1S/C30H48O3/c1-25(2)14-16-30(24(32)33)17-15-28(6)19(20(30)18-25)8-9-22-27(5)12-11-23(31)26(3,4)21(27)10-13-29(22,28)7/h8,20-23,31H,9-18H2,1-7H3,(H,32,33)/t20-,21-,22+,23-,27+,28+,29-,30-/m1/s1. The van der Waals surface area contributed by atoms with Crippen molar-refractivity contribution in [1.29, 1.82) is 0 Å². The van der Waals surface area contributed by atoms with E-state index in [-0.39, 0.29) is 39.1 Å². The van der Waals surface area contributed by atoms with Crippen LogP contribution in [0.4, 0.5) is 0 Å². The molecule has 3 nitrogen and oxygen atoms in total. The smallest absolute Gasteiger partial charge is 0.310 e. The van der Waals surface area contributed by atoms with Gasteiger partial charge in [-0.2, -0.15) is 0 Å². The van der Waals surface area contributed by atoms with Gasteiger partial charge in [0.1, 0.15) is 0 Å². The van der Waals surface area contributed by atoms with Gasteiger partial charge in [0.25, 0.3) is 0 Å². The molecule has 5 aliphatic carbocycles. The molecular formula is C30H48O3. The zero-order valence-corrected chi connectivity index (χ0v) is 22.3. The molecule has 0 aromatic heterocycles. The van der Waals surface area contributed by atoms with Crippen LogP contribution in [-0.4, -0.2) is 22.3 Å². The summed E-state index contributed by atoms with van der Waals surface area (Å²) in [5, 5.41) is 21.4. The molecule has 0 unspecified atom stereocenters. The lowest BCUT2D eigenvalue weighted by Crippen LogP contribution is -2.65. The number of hydrogen-bond acceptors (Lipinski definition) is 2. The number of allylic oxidation sites excluding steroid dienone is 2. The summed E-state index contributed by atoms with van der Waals surface area (Å²) in [7, 11) is 0. The lowest BCUT2D eigenvalue weighted by molar-refractivity contribution is -0.205. The highest BCUT2D eigenvalue weighted by Gasteiger charge is 2.69. The summed E-state index contributed by atoms with van der Waals surface area (Å²) in [6.45, 7) is 16.9. The molecule has 0 amide bonds. The monoisotopic (exact) mass is 456 g/mol. The molecule has 0 aliphatic heterocycles. The Balaban J connectivity index is 1.60. The van der Waals surface area contributed by atoms with Gasteiger partial charge < -0.3 is 10.2 Å². The first kappa shape index (κ1) is 23.9. The predicted molar refractivity (Wildman–Crippen MR) is 133 cm³/mol. The van der Waals surface area contributed by atoms with Gasteiger partial charge in [-0.05, 0) is 109 Å². The molecule has 186 valence electrons. The Bertz CT molecular complexity index is 885. The zero-order chi connectivity index (χ0) is 24.2. The van der Waals surface area contributed by atoms with E-state index in [9.17, 15) is 15.0 Å². The summed E-state index contributed by atoms with van der Waals surface area (Å²) < 4.78 is 0. The Morgan fingerprint density at radius 1 is 0.879 bits per heavy atom. The highest BCUT2D eigenvalue weighted by atomic mass is 16.4. The van der Waals surface area contributed by atoms with Crippen LogP contribution in [0.1, 0.15) is 113 Å². The quantitative estimate of drug-likeness (QED) is 0.409. The van der Waals surface area contributed by atoms with Crippen LogP contribution >= 0.6 is 0 Å². The van der Waals surface area contributed by atoms with E-state index >= 15 is 0 Å². The third-order valence-corrected chi connectivity index (χ3v) is 13.0. The average Bonchev–Trinajstić information content (AvgIpc) is 2.71. The van der Waals surface area contributed by atoms with Gasteiger partial charge in [0, 0.05) is 0 Å². The molecule has 5 aliphatic rings. The number of hydrogen-bond donors (Lipinski definition) is 2. The molecule has 2 N–H and O–H groups in total. The summed E-state index contributed by atoms with van der Waals surface area (Å²) in [6, 6.07) is 0. The molecule has 0 aromatic rings. The van der Waals surface area contributed by atoms with E-state index in [0.29, 0.717) is 11.8 Å². The van der Waals surface area contributed by atoms with E-state index in [4.69, 9.17) is 0 Å². The molecule has 3 heteroatoms. The van der Waals surface area contributed by atoms with Crippen LogP contribution in [0, 0.1) is 50.2 Å². The maximum absolute atomic E-state index is 12.8. The summed E-state index contributed by atoms with van der Waals surface area (Å²) in [5.41, 5.74) is 1.68. The van der Waals surface area contributed by atoms with E-state index < -0.39 is 11.4 Å². The minimum atomic E-state index is -0.553. The van der Waals surface area contributed by atoms with Gasteiger partial charge >= 0.3 is 5.97 Å². The second-order valence-corrected chi connectivity index (χ2v) is 15.1. The number of carboxylic acid groups (broad SMARTS) is 1. The van der Waals surface area contributed by atoms with Crippen LogP contribution in [0.3, 0.4) is 0 Å². The lowest BCUT2D eigenvalue weighted by atomic mass is 9.33. The average molecular weight is 457 g/mol. The third kappa shape index (κ3) is 2.87. The topological polar surface area (TPSA) is 57.5 Å². The number of aliphatic carboxylic acids is 1. The molecule has 33 heavy (non-hydrogen) atoms. The minimum absolute atomic E-state index is 0.0301. The Kier molecular flexibility index (Phi) is 4.99. The Morgan fingerprint density at radius 3 is 2.21 bits per heavy atom. The van der Waals surface area contributed by atoms with Crippen LogP contribution in [0.25, 0.3) is 0 Å². The minimum Gasteiger partial charge on any atom is -0.481 e. The van der Waals surface area contributed by atoms with Crippen molar-refractivity contribution >= 4 is 5.97 Å².